The molecule has 1 unspecified atom stereocenters. The molecular formula is C48H30N4. The minimum absolute atomic E-state index is 0.492. The van der Waals surface area contributed by atoms with Crippen LogP contribution in [0.25, 0.3) is 88.8 Å². The maximum absolute atomic E-state index is 5.60. The maximum atomic E-state index is 5.60. The zero-order valence-electron chi connectivity index (χ0n) is 28.4. The van der Waals surface area contributed by atoms with Crippen LogP contribution in [0.15, 0.2) is 164 Å². The Kier molecular flexibility index (Phi) is 5.34. The van der Waals surface area contributed by atoms with E-state index in [0.29, 0.717) is 0 Å². The molecule has 12 rings (SSSR count). The molecule has 52 heavy (non-hydrogen) atoms. The zero-order valence-corrected chi connectivity index (χ0v) is 28.4. The van der Waals surface area contributed by atoms with E-state index in [1.807, 2.05) is 0 Å². The summed E-state index contributed by atoms with van der Waals surface area (Å²) in [5, 5.41) is 4.93. The summed E-state index contributed by atoms with van der Waals surface area (Å²) in [6.45, 7) is 2.36. The van der Waals surface area contributed by atoms with E-state index in [9.17, 15) is 0 Å². The van der Waals surface area contributed by atoms with Crippen LogP contribution in [-0.4, -0.2) is 19.1 Å². The quantitative estimate of drug-likeness (QED) is 0.185. The highest BCUT2D eigenvalue weighted by Crippen LogP contribution is 2.56. The van der Waals surface area contributed by atoms with E-state index in [0.717, 1.165) is 45.3 Å². The third-order valence-electron chi connectivity index (χ3n) is 11.7. The third-order valence-corrected chi connectivity index (χ3v) is 11.7. The second kappa shape index (κ2) is 9.93. The Labute approximate surface area is 299 Å². The molecule has 0 N–H and O–H groups in total. The van der Waals surface area contributed by atoms with Crippen molar-refractivity contribution in [1.29, 1.82) is 0 Å². The summed E-state index contributed by atoms with van der Waals surface area (Å²) in [6.07, 6.45) is 0. The fraction of sp³-hybridized carbons (Fsp3) is 0.0417. The molecule has 1 atom stereocenters. The molecule has 4 bridgehead atoms. The van der Waals surface area contributed by atoms with E-state index in [1.165, 1.54) is 60.3 Å². The molecule has 1 aliphatic heterocycles. The largest absolute Gasteiger partial charge is 0.309 e. The molecule has 10 aromatic rings. The SMILES string of the molecule is CC12c3ccc4c5ccc6c(c7ccccc7n6-c6ccccc6)c5n(c4c3)-c3ccccc3-c3nc(-c4ccccc4)c(c1n3)-c1ccccc12. The van der Waals surface area contributed by atoms with Gasteiger partial charge in [0.1, 0.15) is 0 Å². The first-order valence-corrected chi connectivity index (χ1v) is 17.9. The normalized spacial score (nSPS) is 15.5. The second-order valence-electron chi connectivity index (χ2n) is 14.3. The first-order chi connectivity index (χ1) is 25.7. The van der Waals surface area contributed by atoms with E-state index in [-0.39, 0.29) is 0 Å². The monoisotopic (exact) mass is 662 g/mol. The van der Waals surface area contributed by atoms with Gasteiger partial charge < -0.3 is 9.13 Å². The Balaban J connectivity index is 1.30. The van der Waals surface area contributed by atoms with Crippen molar-refractivity contribution in [2.24, 2.45) is 0 Å². The van der Waals surface area contributed by atoms with Gasteiger partial charge in [0.2, 0.25) is 0 Å². The highest BCUT2D eigenvalue weighted by molar-refractivity contribution is 6.26. The summed E-state index contributed by atoms with van der Waals surface area (Å²) in [5.74, 6) is 0.742. The molecular weight excluding hydrogens is 633 g/mol. The van der Waals surface area contributed by atoms with Crippen molar-refractivity contribution >= 4 is 43.6 Å². The van der Waals surface area contributed by atoms with Crippen LogP contribution in [0, 0.1) is 0 Å². The van der Waals surface area contributed by atoms with Crippen LogP contribution >= 0.6 is 0 Å². The van der Waals surface area contributed by atoms with Crippen molar-refractivity contribution in [2.45, 2.75) is 12.3 Å². The molecule has 0 spiro atoms. The highest BCUT2D eigenvalue weighted by atomic mass is 15.0. The van der Waals surface area contributed by atoms with Crippen LogP contribution in [0.3, 0.4) is 0 Å². The summed E-state index contributed by atoms with van der Waals surface area (Å²) in [4.78, 5) is 11.1. The fourth-order valence-corrected chi connectivity index (χ4v) is 9.39. The minimum Gasteiger partial charge on any atom is -0.309 e. The van der Waals surface area contributed by atoms with Gasteiger partial charge in [-0.05, 0) is 66.1 Å². The van der Waals surface area contributed by atoms with Crippen LogP contribution < -0.4 is 0 Å². The summed E-state index contributed by atoms with van der Waals surface area (Å²) < 4.78 is 4.91. The van der Waals surface area contributed by atoms with Gasteiger partial charge in [0.05, 0.1) is 44.6 Å². The summed E-state index contributed by atoms with van der Waals surface area (Å²) in [7, 11) is 0. The lowest BCUT2D eigenvalue weighted by Gasteiger charge is -2.29. The predicted octanol–water partition coefficient (Wildman–Crippen LogP) is 11.7. The Morgan fingerprint density at radius 3 is 2.10 bits per heavy atom. The van der Waals surface area contributed by atoms with Crippen molar-refractivity contribution in [3.8, 4) is 45.1 Å². The standard InChI is InChI=1S/C48H30N4/c1-48-30-24-25-32-33-26-27-40-42(35-19-9-12-22-38(35)51(40)31-16-6-3-7-17-31)45(33)52(41(32)28-30)39-23-13-10-20-36(39)47-49-44(29-14-4-2-5-15-29)43(46(48)50-47)34-18-8-11-21-37(34)48/h2-28H,1H3. The first-order valence-electron chi connectivity index (χ1n) is 17.9. The van der Waals surface area contributed by atoms with Gasteiger partial charge in [0.25, 0.3) is 0 Å². The van der Waals surface area contributed by atoms with E-state index in [1.54, 1.807) is 0 Å². The summed E-state index contributed by atoms with van der Waals surface area (Å²) in [5.41, 5.74) is 15.4. The van der Waals surface area contributed by atoms with Crippen LogP contribution in [0.5, 0.6) is 0 Å². The zero-order chi connectivity index (χ0) is 34.1. The van der Waals surface area contributed by atoms with Gasteiger partial charge in [0, 0.05) is 43.9 Å². The molecule has 0 radical (unpaired) electrons. The number of benzene rings is 7. The van der Waals surface area contributed by atoms with Crippen molar-refractivity contribution in [3.05, 3.63) is 181 Å². The smallest absolute Gasteiger partial charge is 0.162 e. The molecule has 0 fully saturated rings. The first kappa shape index (κ1) is 28.0. The third kappa shape index (κ3) is 3.41. The molecule has 3 aromatic heterocycles. The lowest BCUT2D eigenvalue weighted by Crippen LogP contribution is -2.24. The Morgan fingerprint density at radius 1 is 0.519 bits per heavy atom. The van der Waals surface area contributed by atoms with Gasteiger partial charge in [-0.3, -0.25) is 0 Å². The van der Waals surface area contributed by atoms with Crippen LogP contribution in [0.4, 0.5) is 0 Å². The minimum atomic E-state index is -0.492. The number of hydrogen-bond donors (Lipinski definition) is 0. The molecule has 4 heterocycles. The number of fused-ring (bicyclic) bond motifs is 16. The van der Waals surface area contributed by atoms with Crippen molar-refractivity contribution in [2.75, 3.05) is 0 Å². The average Bonchev–Trinajstić information content (AvgIpc) is 3.82. The number of para-hydroxylation sites is 3. The van der Waals surface area contributed by atoms with Gasteiger partial charge in [-0.1, -0.05) is 121 Å². The van der Waals surface area contributed by atoms with Gasteiger partial charge in [-0.2, -0.15) is 0 Å². The Bertz CT molecular complexity index is 3130. The molecule has 0 saturated carbocycles. The molecule has 2 aliphatic rings. The summed E-state index contributed by atoms with van der Waals surface area (Å²) >= 11 is 0. The van der Waals surface area contributed by atoms with E-state index in [4.69, 9.17) is 9.97 Å². The molecule has 242 valence electrons. The predicted molar refractivity (Wildman–Crippen MR) is 213 cm³/mol. The van der Waals surface area contributed by atoms with Gasteiger partial charge >= 0.3 is 0 Å². The summed E-state index contributed by atoms with van der Waals surface area (Å²) in [6, 6.07) is 59.4. The molecule has 7 aromatic carbocycles. The Hall–Kier alpha value is -6.78. The van der Waals surface area contributed by atoms with E-state index < -0.39 is 5.41 Å². The Morgan fingerprint density at radius 2 is 1.23 bits per heavy atom. The number of hydrogen-bond acceptors (Lipinski definition) is 2. The molecule has 0 amide bonds. The van der Waals surface area contributed by atoms with Gasteiger partial charge in [0.15, 0.2) is 5.82 Å². The molecule has 4 heteroatoms. The van der Waals surface area contributed by atoms with Crippen molar-refractivity contribution < 1.29 is 0 Å². The fourth-order valence-electron chi connectivity index (χ4n) is 9.39. The van der Waals surface area contributed by atoms with Gasteiger partial charge in [-0.25, -0.2) is 9.97 Å². The van der Waals surface area contributed by atoms with E-state index in [2.05, 4.69) is 180 Å². The van der Waals surface area contributed by atoms with Crippen LogP contribution in [0.1, 0.15) is 23.7 Å². The highest BCUT2D eigenvalue weighted by Gasteiger charge is 2.45. The van der Waals surface area contributed by atoms with Crippen LogP contribution in [0.2, 0.25) is 0 Å². The van der Waals surface area contributed by atoms with Crippen molar-refractivity contribution in [3.63, 3.8) is 0 Å². The molecule has 4 nitrogen and oxygen atoms in total. The van der Waals surface area contributed by atoms with Crippen molar-refractivity contribution in [1.82, 2.24) is 19.1 Å². The second-order valence-corrected chi connectivity index (χ2v) is 14.3. The molecule has 0 saturated heterocycles. The lowest BCUT2D eigenvalue weighted by molar-refractivity contribution is 0.686. The topological polar surface area (TPSA) is 35.6 Å². The number of nitrogens with zero attached hydrogens (tertiary/aromatic N) is 4. The van der Waals surface area contributed by atoms with Gasteiger partial charge in [-0.15, -0.1) is 0 Å². The molecule has 1 aliphatic carbocycles. The van der Waals surface area contributed by atoms with E-state index >= 15 is 0 Å². The van der Waals surface area contributed by atoms with Crippen LogP contribution in [-0.2, 0) is 5.41 Å². The maximum Gasteiger partial charge on any atom is 0.162 e. The average molecular weight is 663 g/mol. The number of rotatable bonds is 2. The lowest BCUT2D eigenvalue weighted by atomic mass is 9.76. The number of aromatic nitrogens is 4.